The zero-order valence-electron chi connectivity index (χ0n) is 17.7. The Balaban J connectivity index is 1.53. The number of amides is 2. The van der Waals surface area contributed by atoms with Crippen molar-refractivity contribution in [2.75, 3.05) is 31.1 Å². The number of hydrogen-bond donors (Lipinski definition) is 1. The van der Waals surface area contributed by atoms with Crippen LogP contribution in [0.2, 0.25) is 0 Å². The number of carbonyl (C=O) groups excluding carboxylic acids is 2. The van der Waals surface area contributed by atoms with Gasteiger partial charge < -0.3 is 15.1 Å². The topological polar surface area (TPSA) is 65.5 Å². The molecule has 1 aromatic carbocycles. The second-order valence-corrected chi connectivity index (χ2v) is 8.54. The maximum atomic E-state index is 12.8. The van der Waals surface area contributed by atoms with Crippen LogP contribution in [0.3, 0.4) is 0 Å². The molecule has 1 aromatic heterocycles. The summed E-state index contributed by atoms with van der Waals surface area (Å²) in [6.45, 7) is 11.0. The van der Waals surface area contributed by atoms with Crippen molar-refractivity contribution in [1.82, 2.24) is 15.2 Å². The second-order valence-electron chi connectivity index (χ2n) is 8.54. The standard InChI is InChI=1S/C23H30N4O2/c1-17(25-21(28)18-5-7-19(8-6-18)23(2,3)4)22(29)27-15-13-26(14-16-27)20-9-11-24-12-10-20/h5-12,17H,13-16H2,1-4H3,(H,25,28). The molecule has 0 radical (unpaired) electrons. The lowest BCUT2D eigenvalue weighted by Crippen LogP contribution is -2.54. The Morgan fingerprint density at radius 1 is 0.966 bits per heavy atom. The molecule has 0 bridgehead atoms. The van der Waals surface area contributed by atoms with E-state index < -0.39 is 6.04 Å². The molecule has 1 N–H and O–H groups in total. The SMILES string of the molecule is CC(NC(=O)c1ccc(C(C)(C)C)cc1)C(=O)N1CCN(c2ccncc2)CC1. The first-order valence-corrected chi connectivity index (χ1v) is 10.1. The average molecular weight is 395 g/mol. The van der Waals surface area contributed by atoms with Gasteiger partial charge in [-0.1, -0.05) is 32.9 Å². The lowest BCUT2D eigenvalue weighted by Gasteiger charge is -2.37. The molecule has 1 atom stereocenters. The first-order chi connectivity index (χ1) is 13.8. The van der Waals surface area contributed by atoms with Crippen LogP contribution in [0.15, 0.2) is 48.8 Å². The van der Waals surface area contributed by atoms with Crippen molar-refractivity contribution in [3.8, 4) is 0 Å². The quantitative estimate of drug-likeness (QED) is 0.866. The molecule has 29 heavy (non-hydrogen) atoms. The van der Waals surface area contributed by atoms with E-state index in [4.69, 9.17) is 0 Å². The van der Waals surface area contributed by atoms with Gasteiger partial charge in [-0.2, -0.15) is 0 Å². The smallest absolute Gasteiger partial charge is 0.251 e. The summed E-state index contributed by atoms with van der Waals surface area (Å²) < 4.78 is 0. The van der Waals surface area contributed by atoms with Crippen molar-refractivity contribution in [1.29, 1.82) is 0 Å². The van der Waals surface area contributed by atoms with Crippen LogP contribution in [0.1, 0.15) is 43.6 Å². The van der Waals surface area contributed by atoms with E-state index in [2.05, 4.69) is 36.0 Å². The molecule has 0 aliphatic carbocycles. The highest BCUT2D eigenvalue weighted by Crippen LogP contribution is 2.22. The molecular formula is C23H30N4O2. The lowest BCUT2D eigenvalue weighted by molar-refractivity contribution is -0.133. The molecule has 1 unspecified atom stereocenters. The number of anilines is 1. The number of benzene rings is 1. The molecule has 1 fully saturated rings. The average Bonchev–Trinajstić information content (AvgIpc) is 2.73. The Hall–Kier alpha value is -2.89. The number of piperazine rings is 1. The van der Waals surface area contributed by atoms with Crippen molar-refractivity contribution in [2.45, 2.75) is 39.2 Å². The van der Waals surface area contributed by atoms with Crippen molar-refractivity contribution < 1.29 is 9.59 Å². The molecule has 1 aliphatic heterocycles. The predicted octanol–water partition coefficient (Wildman–Crippen LogP) is 2.85. The third-order valence-electron chi connectivity index (χ3n) is 5.35. The predicted molar refractivity (Wildman–Crippen MR) is 115 cm³/mol. The van der Waals surface area contributed by atoms with Gasteiger partial charge in [-0.05, 0) is 42.2 Å². The van der Waals surface area contributed by atoms with Crippen LogP contribution in [0.25, 0.3) is 0 Å². The molecule has 2 amide bonds. The summed E-state index contributed by atoms with van der Waals surface area (Å²) in [5.41, 5.74) is 2.90. The molecule has 154 valence electrons. The van der Waals surface area contributed by atoms with Crippen LogP contribution in [-0.4, -0.2) is 53.9 Å². The molecule has 0 spiro atoms. The van der Waals surface area contributed by atoms with Gasteiger partial charge in [0, 0.05) is 49.8 Å². The van der Waals surface area contributed by atoms with Crippen molar-refractivity contribution in [3.63, 3.8) is 0 Å². The summed E-state index contributed by atoms with van der Waals surface area (Å²) in [5, 5.41) is 2.84. The second kappa shape index (κ2) is 8.64. The van der Waals surface area contributed by atoms with Gasteiger partial charge in [0.2, 0.25) is 5.91 Å². The number of pyridine rings is 1. The molecule has 3 rings (SSSR count). The number of nitrogens with zero attached hydrogens (tertiary/aromatic N) is 3. The van der Waals surface area contributed by atoms with Gasteiger partial charge in [0.05, 0.1) is 0 Å². The van der Waals surface area contributed by atoms with Gasteiger partial charge in [-0.15, -0.1) is 0 Å². The molecule has 2 heterocycles. The molecule has 6 heteroatoms. The van der Waals surface area contributed by atoms with Crippen molar-refractivity contribution in [2.24, 2.45) is 0 Å². The van der Waals surface area contributed by atoms with E-state index in [1.165, 1.54) is 5.56 Å². The monoisotopic (exact) mass is 394 g/mol. The fourth-order valence-electron chi connectivity index (χ4n) is 3.48. The summed E-state index contributed by atoms with van der Waals surface area (Å²) in [7, 11) is 0. The molecule has 2 aromatic rings. The Kier molecular flexibility index (Phi) is 6.20. The fourth-order valence-corrected chi connectivity index (χ4v) is 3.48. The van der Waals surface area contributed by atoms with E-state index in [-0.39, 0.29) is 17.2 Å². The highest BCUT2D eigenvalue weighted by molar-refractivity contribution is 5.97. The van der Waals surface area contributed by atoms with E-state index in [9.17, 15) is 9.59 Å². The maximum absolute atomic E-state index is 12.8. The van der Waals surface area contributed by atoms with Gasteiger partial charge >= 0.3 is 0 Å². The van der Waals surface area contributed by atoms with Crippen molar-refractivity contribution in [3.05, 3.63) is 59.9 Å². The summed E-state index contributed by atoms with van der Waals surface area (Å²) >= 11 is 0. The summed E-state index contributed by atoms with van der Waals surface area (Å²) in [4.78, 5) is 33.4. The molecular weight excluding hydrogens is 364 g/mol. The van der Waals surface area contributed by atoms with E-state index in [1.807, 2.05) is 41.3 Å². The minimum absolute atomic E-state index is 0.0384. The van der Waals surface area contributed by atoms with Crippen LogP contribution in [0.4, 0.5) is 5.69 Å². The molecule has 0 saturated carbocycles. The Morgan fingerprint density at radius 3 is 2.10 bits per heavy atom. The maximum Gasteiger partial charge on any atom is 0.251 e. The third-order valence-corrected chi connectivity index (χ3v) is 5.35. The first kappa shape index (κ1) is 20.8. The van der Waals surface area contributed by atoms with Gasteiger partial charge in [0.25, 0.3) is 5.91 Å². The van der Waals surface area contributed by atoms with Crippen LogP contribution >= 0.6 is 0 Å². The highest BCUT2D eigenvalue weighted by atomic mass is 16.2. The van der Waals surface area contributed by atoms with Crippen LogP contribution < -0.4 is 10.2 Å². The summed E-state index contributed by atoms with van der Waals surface area (Å²) in [6.07, 6.45) is 3.55. The number of rotatable bonds is 4. The largest absolute Gasteiger partial charge is 0.368 e. The highest BCUT2D eigenvalue weighted by Gasteiger charge is 2.26. The minimum Gasteiger partial charge on any atom is -0.368 e. The van der Waals surface area contributed by atoms with Gasteiger partial charge in [0.15, 0.2) is 0 Å². The van der Waals surface area contributed by atoms with Crippen LogP contribution in [0.5, 0.6) is 0 Å². The Morgan fingerprint density at radius 2 is 1.55 bits per heavy atom. The van der Waals surface area contributed by atoms with Crippen molar-refractivity contribution >= 4 is 17.5 Å². The van der Waals surface area contributed by atoms with E-state index in [0.29, 0.717) is 18.7 Å². The normalized spacial score (nSPS) is 15.7. The van der Waals surface area contributed by atoms with E-state index >= 15 is 0 Å². The third kappa shape index (κ3) is 5.13. The fraction of sp³-hybridized carbons (Fsp3) is 0.435. The Labute approximate surface area is 172 Å². The number of carbonyl (C=O) groups is 2. The van der Waals surface area contributed by atoms with E-state index in [0.717, 1.165) is 18.8 Å². The van der Waals surface area contributed by atoms with Crippen LogP contribution in [0, 0.1) is 0 Å². The number of hydrogen-bond acceptors (Lipinski definition) is 4. The summed E-state index contributed by atoms with van der Waals surface area (Å²) in [5.74, 6) is -0.263. The molecule has 6 nitrogen and oxygen atoms in total. The van der Waals surface area contributed by atoms with E-state index in [1.54, 1.807) is 19.3 Å². The van der Waals surface area contributed by atoms with Gasteiger partial charge in [-0.25, -0.2) is 0 Å². The number of aromatic nitrogens is 1. The minimum atomic E-state index is -0.558. The zero-order chi connectivity index (χ0) is 21.0. The van der Waals surface area contributed by atoms with Crippen LogP contribution in [-0.2, 0) is 10.2 Å². The first-order valence-electron chi connectivity index (χ1n) is 10.1. The van der Waals surface area contributed by atoms with Gasteiger partial charge in [0.1, 0.15) is 6.04 Å². The molecule has 1 aliphatic rings. The number of nitrogens with one attached hydrogen (secondary N) is 1. The Bertz CT molecular complexity index is 835. The zero-order valence-corrected chi connectivity index (χ0v) is 17.7. The summed E-state index contributed by atoms with van der Waals surface area (Å²) in [6, 6.07) is 11.0. The van der Waals surface area contributed by atoms with Gasteiger partial charge in [-0.3, -0.25) is 14.6 Å². The lowest BCUT2D eigenvalue weighted by atomic mass is 9.86. The molecule has 1 saturated heterocycles.